The Morgan fingerprint density at radius 1 is 1.48 bits per heavy atom. The van der Waals surface area contributed by atoms with Crippen molar-refractivity contribution in [1.29, 1.82) is 0 Å². The summed E-state index contributed by atoms with van der Waals surface area (Å²) in [5.41, 5.74) is 6.35. The number of hydrogen-bond donors (Lipinski definition) is 2. The monoisotopic (exact) mass is 330 g/mol. The molecule has 0 amide bonds. The molecule has 0 saturated carbocycles. The fourth-order valence-corrected chi connectivity index (χ4v) is 5.08. The summed E-state index contributed by atoms with van der Waals surface area (Å²) in [5, 5.41) is 0. The van der Waals surface area contributed by atoms with E-state index in [1.54, 1.807) is 18.2 Å². The molecule has 1 saturated heterocycles. The lowest BCUT2D eigenvalue weighted by molar-refractivity contribution is 0.402. The first-order valence-corrected chi connectivity index (χ1v) is 9.38. The molecule has 0 radical (unpaired) electrons. The third-order valence-electron chi connectivity index (χ3n) is 3.69. The van der Waals surface area contributed by atoms with Gasteiger partial charge in [-0.25, -0.2) is 13.1 Å². The van der Waals surface area contributed by atoms with Crippen molar-refractivity contribution in [3.63, 3.8) is 0 Å². The summed E-state index contributed by atoms with van der Waals surface area (Å²) in [6.07, 6.45) is 2.16. The Labute approximate surface area is 130 Å². The summed E-state index contributed by atoms with van der Waals surface area (Å²) in [6.45, 7) is 2.82. The van der Waals surface area contributed by atoms with E-state index >= 15 is 0 Å². The highest BCUT2D eigenvalue weighted by atomic mass is 32.2. The van der Waals surface area contributed by atoms with Gasteiger partial charge in [0, 0.05) is 17.8 Å². The van der Waals surface area contributed by atoms with Crippen molar-refractivity contribution in [3.8, 4) is 5.75 Å². The van der Waals surface area contributed by atoms with Crippen LogP contribution in [0.3, 0.4) is 0 Å². The van der Waals surface area contributed by atoms with Crippen molar-refractivity contribution in [3.05, 3.63) is 23.8 Å². The van der Waals surface area contributed by atoms with Crippen LogP contribution in [0.15, 0.2) is 23.1 Å². The van der Waals surface area contributed by atoms with Crippen molar-refractivity contribution in [1.82, 2.24) is 4.72 Å². The standard InChI is InChI=1S/C14H22N2O3S2/c1-14(6-3-7-20-14)10-16-21(17,18)13-8-11(9-15)4-5-12(13)19-2/h4-5,8,16H,3,6-7,9-10,15H2,1-2H3. The van der Waals surface area contributed by atoms with Crippen LogP contribution in [0, 0.1) is 0 Å². The quantitative estimate of drug-likeness (QED) is 0.830. The smallest absolute Gasteiger partial charge is 0.244 e. The molecule has 0 aromatic heterocycles. The first-order valence-electron chi connectivity index (χ1n) is 6.91. The van der Waals surface area contributed by atoms with E-state index < -0.39 is 10.0 Å². The normalized spacial score (nSPS) is 22.4. The molecule has 1 heterocycles. The predicted octanol–water partition coefficient (Wildman–Crippen LogP) is 1.72. The molecule has 21 heavy (non-hydrogen) atoms. The maximum absolute atomic E-state index is 12.5. The van der Waals surface area contributed by atoms with Gasteiger partial charge in [-0.1, -0.05) is 6.07 Å². The second-order valence-electron chi connectivity index (χ2n) is 5.42. The van der Waals surface area contributed by atoms with Gasteiger partial charge in [-0.3, -0.25) is 0 Å². The topological polar surface area (TPSA) is 81.4 Å². The van der Waals surface area contributed by atoms with Crippen molar-refractivity contribution in [2.24, 2.45) is 5.73 Å². The van der Waals surface area contributed by atoms with E-state index in [-0.39, 0.29) is 9.64 Å². The van der Waals surface area contributed by atoms with Gasteiger partial charge in [-0.15, -0.1) is 0 Å². The van der Waals surface area contributed by atoms with Crippen LogP contribution in [0.1, 0.15) is 25.3 Å². The van der Waals surface area contributed by atoms with Crippen LogP contribution in [0.2, 0.25) is 0 Å². The molecule has 5 nitrogen and oxygen atoms in total. The third-order valence-corrected chi connectivity index (χ3v) is 6.65. The number of benzene rings is 1. The Kier molecular flexibility index (Phi) is 5.19. The lowest BCUT2D eigenvalue weighted by Gasteiger charge is -2.23. The molecule has 1 aliphatic rings. The zero-order chi connectivity index (χ0) is 15.5. The molecule has 2 rings (SSSR count). The molecule has 1 unspecified atom stereocenters. The van der Waals surface area contributed by atoms with Crippen LogP contribution in [-0.4, -0.2) is 32.6 Å². The van der Waals surface area contributed by atoms with E-state index in [9.17, 15) is 8.42 Å². The summed E-state index contributed by atoms with van der Waals surface area (Å²) in [4.78, 5) is 0.152. The van der Waals surface area contributed by atoms with Crippen LogP contribution in [0.25, 0.3) is 0 Å². The van der Waals surface area contributed by atoms with Crippen LogP contribution in [-0.2, 0) is 16.6 Å². The number of thioether (sulfide) groups is 1. The Hall–Kier alpha value is -0.760. The number of nitrogens with two attached hydrogens (primary N) is 1. The second-order valence-corrected chi connectivity index (χ2v) is 8.83. The zero-order valence-corrected chi connectivity index (χ0v) is 14.0. The maximum atomic E-state index is 12.5. The number of hydrogen-bond acceptors (Lipinski definition) is 5. The summed E-state index contributed by atoms with van der Waals surface area (Å²) in [6, 6.07) is 4.99. The molecule has 1 aliphatic heterocycles. The third kappa shape index (κ3) is 3.91. The van der Waals surface area contributed by atoms with Gasteiger partial charge in [0.2, 0.25) is 10.0 Å². The second kappa shape index (κ2) is 6.56. The van der Waals surface area contributed by atoms with Crippen molar-refractivity contribution >= 4 is 21.8 Å². The lowest BCUT2D eigenvalue weighted by Crippen LogP contribution is -2.36. The van der Waals surface area contributed by atoms with E-state index in [4.69, 9.17) is 10.5 Å². The molecule has 118 valence electrons. The van der Waals surface area contributed by atoms with Crippen molar-refractivity contribution in [2.75, 3.05) is 19.4 Å². The molecular weight excluding hydrogens is 308 g/mol. The van der Waals surface area contributed by atoms with Crippen LogP contribution >= 0.6 is 11.8 Å². The average Bonchev–Trinajstić information content (AvgIpc) is 2.92. The van der Waals surface area contributed by atoms with Gasteiger partial charge in [-0.05, 0) is 43.2 Å². The fourth-order valence-electron chi connectivity index (χ4n) is 2.36. The molecule has 1 aromatic rings. The van der Waals surface area contributed by atoms with Crippen LogP contribution in [0.5, 0.6) is 5.75 Å². The summed E-state index contributed by atoms with van der Waals surface area (Å²) < 4.78 is 32.9. The van der Waals surface area contributed by atoms with Crippen molar-refractivity contribution in [2.45, 2.75) is 36.0 Å². The van der Waals surface area contributed by atoms with Crippen LogP contribution in [0.4, 0.5) is 0 Å². The number of sulfonamides is 1. The number of rotatable bonds is 6. The van der Waals surface area contributed by atoms with Gasteiger partial charge in [0.05, 0.1) is 7.11 Å². The molecule has 1 aromatic carbocycles. The minimum Gasteiger partial charge on any atom is -0.495 e. The largest absolute Gasteiger partial charge is 0.495 e. The van der Waals surface area contributed by atoms with Gasteiger partial charge >= 0.3 is 0 Å². The van der Waals surface area contributed by atoms with Gasteiger partial charge in [0.15, 0.2) is 0 Å². The number of nitrogens with one attached hydrogen (secondary N) is 1. The average molecular weight is 330 g/mol. The highest BCUT2D eigenvalue weighted by Crippen LogP contribution is 2.37. The van der Waals surface area contributed by atoms with Gasteiger partial charge in [-0.2, -0.15) is 11.8 Å². The molecule has 7 heteroatoms. The van der Waals surface area contributed by atoms with Gasteiger partial charge in [0.1, 0.15) is 10.6 Å². The molecular formula is C14H22N2O3S2. The maximum Gasteiger partial charge on any atom is 0.244 e. The molecule has 1 atom stereocenters. The van der Waals surface area contributed by atoms with E-state index in [0.717, 1.165) is 24.2 Å². The molecule has 0 aliphatic carbocycles. The highest BCUT2D eigenvalue weighted by Gasteiger charge is 2.31. The first-order chi connectivity index (χ1) is 9.90. The highest BCUT2D eigenvalue weighted by molar-refractivity contribution is 8.01. The van der Waals surface area contributed by atoms with E-state index in [0.29, 0.717) is 18.8 Å². The molecule has 3 N–H and O–H groups in total. The Bertz CT molecular complexity index is 596. The summed E-state index contributed by atoms with van der Waals surface area (Å²) >= 11 is 1.82. The SMILES string of the molecule is COc1ccc(CN)cc1S(=O)(=O)NCC1(C)CCCS1. The van der Waals surface area contributed by atoms with Gasteiger partial charge in [0.25, 0.3) is 0 Å². The van der Waals surface area contributed by atoms with Crippen molar-refractivity contribution < 1.29 is 13.2 Å². The van der Waals surface area contributed by atoms with E-state index in [1.807, 2.05) is 11.8 Å². The van der Waals surface area contributed by atoms with Gasteiger partial charge < -0.3 is 10.5 Å². The zero-order valence-electron chi connectivity index (χ0n) is 12.4. The van der Waals surface area contributed by atoms with Crippen LogP contribution < -0.4 is 15.2 Å². The fraction of sp³-hybridized carbons (Fsp3) is 0.571. The number of ether oxygens (including phenoxy) is 1. The van der Waals surface area contributed by atoms with E-state index in [2.05, 4.69) is 11.6 Å². The Morgan fingerprint density at radius 2 is 2.24 bits per heavy atom. The Morgan fingerprint density at radius 3 is 2.81 bits per heavy atom. The molecule has 1 fully saturated rings. The van der Waals surface area contributed by atoms with E-state index in [1.165, 1.54) is 7.11 Å². The minimum atomic E-state index is -3.61. The summed E-state index contributed by atoms with van der Waals surface area (Å²) in [7, 11) is -2.14. The number of methoxy groups -OCH3 is 1. The first kappa shape index (κ1) is 16.6. The molecule has 0 spiro atoms. The summed E-state index contributed by atoms with van der Waals surface area (Å²) in [5.74, 6) is 1.42. The minimum absolute atomic E-state index is 0.0220. The Balaban J connectivity index is 2.22. The molecule has 0 bridgehead atoms. The predicted molar refractivity (Wildman–Crippen MR) is 86.2 cm³/mol. The lowest BCUT2D eigenvalue weighted by atomic mass is 10.1.